The van der Waals surface area contributed by atoms with Gasteiger partial charge in [0.05, 0.1) is 10.5 Å². The molecule has 0 radical (unpaired) electrons. The van der Waals surface area contributed by atoms with Crippen LogP contribution in [0.2, 0.25) is 5.15 Å². The molecular weight excluding hydrogens is 358 g/mol. The fourth-order valence-electron chi connectivity index (χ4n) is 2.00. The number of hydrogen-bond donors (Lipinski definition) is 1. The molecule has 0 aliphatic carbocycles. The average Bonchev–Trinajstić information content (AvgIpc) is 2.61. The van der Waals surface area contributed by atoms with Gasteiger partial charge in [-0.25, -0.2) is 9.78 Å². The van der Waals surface area contributed by atoms with E-state index in [2.05, 4.69) is 22.1 Å². The summed E-state index contributed by atoms with van der Waals surface area (Å²) in [7, 11) is 0. The van der Waals surface area contributed by atoms with Crippen LogP contribution >= 0.6 is 11.6 Å². The van der Waals surface area contributed by atoms with E-state index in [-0.39, 0.29) is 35.2 Å². The minimum absolute atomic E-state index is 0.107. The summed E-state index contributed by atoms with van der Waals surface area (Å²) in [5, 5.41) is 13.6. The Kier molecular flexibility index (Phi) is 6.94. The smallest absolute Gasteiger partial charge is 0.407 e. The predicted molar refractivity (Wildman–Crippen MR) is 96.8 cm³/mol. The molecule has 0 unspecified atom stereocenters. The Balaban J connectivity index is 1.81. The second kappa shape index (κ2) is 9.39. The van der Waals surface area contributed by atoms with Gasteiger partial charge in [-0.3, -0.25) is 10.1 Å². The number of nitro groups is 1. The lowest BCUT2D eigenvalue weighted by molar-refractivity contribution is -0.385. The Labute approximate surface area is 155 Å². The van der Waals surface area contributed by atoms with Gasteiger partial charge in [0.2, 0.25) is 0 Å². The molecule has 2 rings (SSSR count). The van der Waals surface area contributed by atoms with E-state index < -0.39 is 11.0 Å². The Bertz CT molecular complexity index is 860. The molecule has 0 saturated heterocycles. The monoisotopic (exact) mass is 373 g/mol. The molecule has 0 aliphatic heterocycles. The normalized spacial score (nSPS) is 9.77. The van der Waals surface area contributed by atoms with E-state index in [0.717, 1.165) is 5.56 Å². The largest absolute Gasteiger partial charge is 0.445 e. The number of hydrogen-bond acceptors (Lipinski definition) is 5. The van der Waals surface area contributed by atoms with Crippen molar-refractivity contribution in [3.05, 3.63) is 68.5 Å². The summed E-state index contributed by atoms with van der Waals surface area (Å²) in [5.74, 6) is 5.52. The summed E-state index contributed by atoms with van der Waals surface area (Å²) in [5.41, 5.74) is 1.26. The maximum atomic E-state index is 11.6. The number of benzene rings is 1. The molecule has 134 valence electrons. The zero-order valence-corrected chi connectivity index (χ0v) is 14.7. The first kappa shape index (κ1) is 19.2. The molecule has 0 bridgehead atoms. The van der Waals surface area contributed by atoms with Crippen LogP contribution < -0.4 is 5.32 Å². The maximum Gasteiger partial charge on any atom is 0.407 e. The molecule has 26 heavy (non-hydrogen) atoms. The number of halogens is 1. The molecule has 1 aromatic carbocycles. The molecule has 1 N–H and O–H groups in total. The molecule has 1 amide bonds. The van der Waals surface area contributed by atoms with Gasteiger partial charge in [-0.05, 0) is 12.5 Å². The third-order valence-corrected chi connectivity index (χ3v) is 3.58. The summed E-state index contributed by atoms with van der Waals surface area (Å²) in [6, 6.07) is 10.6. The highest BCUT2D eigenvalue weighted by Gasteiger charge is 2.14. The van der Waals surface area contributed by atoms with Crippen molar-refractivity contribution >= 4 is 23.4 Å². The minimum Gasteiger partial charge on any atom is -0.445 e. The first-order valence-corrected chi connectivity index (χ1v) is 8.10. The van der Waals surface area contributed by atoms with Gasteiger partial charge in [0, 0.05) is 19.0 Å². The standard InChI is InChI=1S/C18H16ClN3O4/c1-13-16(22(24)25)11-15(17(19)21-13)9-5-6-10-20-18(23)26-12-14-7-3-2-4-8-14/h2-4,7-8,11H,6,10,12H2,1H3,(H,20,23). The Hall–Kier alpha value is -3.11. The molecule has 0 saturated carbocycles. The van der Waals surface area contributed by atoms with Crippen LogP contribution in [-0.2, 0) is 11.3 Å². The van der Waals surface area contributed by atoms with E-state index in [1.54, 1.807) is 0 Å². The summed E-state index contributed by atoms with van der Waals surface area (Å²) < 4.78 is 5.06. The second-order valence-corrected chi connectivity index (χ2v) is 5.59. The quantitative estimate of drug-likeness (QED) is 0.284. The van der Waals surface area contributed by atoms with E-state index in [0.29, 0.717) is 6.42 Å². The van der Waals surface area contributed by atoms with Gasteiger partial charge in [-0.15, -0.1) is 0 Å². The predicted octanol–water partition coefficient (Wildman–Crippen LogP) is 3.62. The lowest BCUT2D eigenvalue weighted by Crippen LogP contribution is -2.24. The zero-order chi connectivity index (χ0) is 18.9. The van der Waals surface area contributed by atoms with E-state index in [1.165, 1.54) is 13.0 Å². The topological polar surface area (TPSA) is 94.4 Å². The average molecular weight is 374 g/mol. The molecule has 8 heteroatoms. The third-order valence-electron chi connectivity index (χ3n) is 3.29. The Morgan fingerprint density at radius 2 is 2.12 bits per heavy atom. The van der Waals surface area contributed by atoms with Crippen molar-refractivity contribution in [2.75, 3.05) is 6.54 Å². The van der Waals surface area contributed by atoms with Crippen LogP contribution in [0.25, 0.3) is 0 Å². The maximum absolute atomic E-state index is 11.6. The number of aromatic nitrogens is 1. The number of carbonyl (C=O) groups excluding carboxylic acids is 1. The van der Waals surface area contributed by atoms with Crippen LogP contribution in [-0.4, -0.2) is 22.5 Å². The molecule has 0 fully saturated rings. The minimum atomic E-state index is -0.540. The lowest BCUT2D eigenvalue weighted by atomic mass is 10.2. The highest BCUT2D eigenvalue weighted by molar-refractivity contribution is 6.30. The van der Waals surface area contributed by atoms with Crippen molar-refractivity contribution in [1.29, 1.82) is 0 Å². The molecule has 2 aromatic rings. The Morgan fingerprint density at radius 1 is 1.38 bits per heavy atom. The highest BCUT2D eigenvalue weighted by atomic mass is 35.5. The summed E-state index contributed by atoms with van der Waals surface area (Å²) in [6.45, 7) is 1.97. The summed E-state index contributed by atoms with van der Waals surface area (Å²) in [6.07, 6.45) is -0.209. The van der Waals surface area contributed by atoms with Gasteiger partial charge < -0.3 is 10.1 Å². The summed E-state index contributed by atoms with van der Waals surface area (Å²) >= 11 is 5.94. The first-order valence-electron chi connectivity index (χ1n) is 7.72. The van der Waals surface area contributed by atoms with Gasteiger partial charge >= 0.3 is 6.09 Å². The molecule has 1 heterocycles. The highest BCUT2D eigenvalue weighted by Crippen LogP contribution is 2.22. The van der Waals surface area contributed by atoms with E-state index in [9.17, 15) is 14.9 Å². The van der Waals surface area contributed by atoms with Crippen molar-refractivity contribution in [2.45, 2.75) is 20.0 Å². The van der Waals surface area contributed by atoms with Crippen molar-refractivity contribution < 1.29 is 14.5 Å². The molecule has 0 spiro atoms. The lowest BCUT2D eigenvalue weighted by Gasteiger charge is -2.05. The van der Waals surface area contributed by atoms with Gasteiger partial charge in [-0.2, -0.15) is 0 Å². The van der Waals surface area contributed by atoms with Crippen LogP contribution in [0.15, 0.2) is 36.4 Å². The summed E-state index contributed by atoms with van der Waals surface area (Å²) in [4.78, 5) is 25.9. The number of aryl methyl sites for hydroxylation is 1. The van der Waals surface area contributed by atoms with Crippen LogP contribution in [0, 0.1) is 28.9 Å². The van der Waals surface area contributed by atoms with E-state index in [4.69, 9.17) is 16.3 Å². The molecule has 0 atom stereocenters. The number of amides is 1. The van der Waals surface area contributed by atoms with Crippen molar-refractivity contribution in [3.8, 4) is 11.8 Å². The van der Waals surface area contributed by atoms with Crippen LogP contribution in [0.5, 0.6) is 0 Å². The number of rotatable bonds is 5. The van der Waals surface area contributed by atoms with Crippen LogP contribution in [0.4, 0.5) is 10.5 Å². The fourth-order valence-corrected chi connectivity index (χ4v) is 2.23. The molecular formula is C18H16ClN3O4. The van der Waals surface area contributed by atoms with Gasteiger partial charge in [0.15, 0.2) is 0 Å². The number of pyridine rings is 1. The second-order valence-electron chi connectivity index (χ2n) is 5.23. The van der Waals surface area contributed by atoms with E-state index >= 15 is 0 Å². The number of alkyl carbamates (subject to hydrolysis) is 1. The van der Waals surface area contributed by atoms with E-state index in [1.807, 2.05) is 30.3 Å². The fraction of sp³-hybridized carbons (Fsp3) is 0.222. The third kappa shape index (κ3) is 5.76. The Morgan fingerprint density at radius 3 is 2.81 bits per heavy atom. The first-order chi connectivity index (χ1) is 12.5. The van der Waals surface area contributed by atoms with Gasteiger partial charge in [0.1, 0.15) is 17.5 Å². The van der Waals surface area contributed by atoms with Crippen LogP contribution in [0.3, 0.4) is 0 Å². The van der Waals surface area contributed by atoms with Crippen LogP contribution in [0.1, 0.15) is 23.2 Å². The number of nitrogens with one attached hydrogen (secondary N) is 1. The number of nitrogens with zero attached hydrogens (tertiary/aromatic N) is 2. The molecule has 1 aromatic heterocycles. The molecule has 7 nitrogen and oxygen atoms in total. The van der Waals surface area contributed by atoms with Crippen molar-refractivity contribution in [1.82, 2.24) is 10.3 Å². The van der Waals surface area contributed by atoms with Gasteiger partial charge in [0.25, 0.3) is 5.69 Å². The van der Waals surface area contributed by atoms with Crippen molar-refractivity contribution in [2.24, 2.45) is 0 Å². The zero-order valence-electron chi connectivity index (χ0n) is 14.0. The SMILES string of the molecule is Cc1nc(Cl)c(C#CCCNC(=O)OCc2ccccc2)cc1[N+](=O)[O-]. The van der Waals surface area contributed by atoms with Crippen molar-refractivity contribution in [3.63, 3.8) is 0 Å². The molecule has 0 aliphatic rings. The van der Waals surface area contributed by atoms with Gasteiger partial charge in [-0.1, -0.05) is 53.8 Å². The number of ether oxygens (including phenoxy) is 1. The number of carbonyl (C=O) groups is 1.